The number of nitrogens with one attached hydrogen (secondary N) is 1. The molecule has 1 amide bonds. The Morgan fingerprint density at radius 1 is 0.949 bits per heavy atom. The second-order valence-corrected chi connectivity index (χ2v) is 11.1. The number of carbonyl (C=O) groups is 1. The molecule has 206 valence electrons. The number of methoxy groups -OCH3 is 1. The molecule has 0 atom stereocenters. The molecule has 2 heterocycles. The van der Waals surface area contributed by atoms with Crippen LogP contribution < -0.4 is 23.7 Å². The number of ether oxygens (including phenoxy) is 4. The average molecular weight is 554 g/mol. The molecule has 0 aromatic heterocycles. The molecule has 11 heteroatoms. The minimum Gasteiger partial charge on any atom is -0.497 e. The van der Waals surface area contributed by atoms with E-state index in [4.69, 9.17) is 18.9 Å². The van der Waals surface area contributed by atoms with Crippen LogP contribution in [0.5, 0.6) is 23.0 Å². The smallest absolute Gasteiger partial charge is 0.261 e. The van der Waals surface area contributed by atoms with Gasteiger partial charge in [-0.15, -0.1) is 0 Å². The fourth-order valence-corrected chi connectivity index (χ4v) is 5.65. The molecule has 1 N–H and O–H groups in total. The molecule has 10 nitrogen and oxygen atoms in total. The number of sulfonamides is 1. The van der Waals surface area contributed by atoms with Crippen molar-refractivity contribution in [2.24, 2.45) is 0 Å². The van der Waals surface area contributed by atoms with Crippen molar-refractivity contribution in [1.29, 1.82) is 0 Å². The molecular formula is C28H31N3O7S. The van der Waals surface area contributed by atoms with Crippen LogP contribution in [0.4, 0.5) is 5.69 Å². The van der Waals surface area contributed by atoms with Crippen LogP contribution in [0.25, 0.3) is 0 Å². The molecule has 0 spiro atoms. The minimum atomic E-state index is -3.79. The van der Waals surface area contributed by atoms with Crippen molar-refractivity contribution in [3.8, 4) is 23.0 Å². The summed E-state index contributed by atoms with van der Waals surface area (Å²) >= 11 is 0. The number of benzene rings is 3. The maximum absolute atomic E-state index is 12.8. The number of amides is 1. The molecule has 2 aliphatic heterocycles. The van der Waals surface area contributed by atoms with Gasteiger partial charge in [0, 0.05) is 38.4 Å². The first-order valence-electron chi connectivity index (χ1n) is 12.6. The van der Waals surface area contributed by atoms with Crippen LogP contribution in [0.2, 0.25) is 0 Å². The van der Waals surface area contributed by atoms with Crippen LogP contribution in [0.15, 0.2) is 65.6 Å². The SMILES string of the molecule is COc1ccc(NS(=O)(=O)c2ccc(OCC(=O)N3CCN(Cc4ccc5c(c4)OCO5)CC3)c(C)c2)cc1. The molecule has 0 aliphatic carbocycles. The fourth-order valence-electron chi connectivity index (χ4n) is 4.51. The first-order valence-corrected chi connectivity index (χ1v) is 14.1. The van der Waals surface area contributed by atoms with Gasteiger partial charge in [-0.05, 0) is 72.6 Å². The van der Waals surface area contributed by atoms with E-state index in [1.54, 1.807) is 49.3 Å². The predicted molar refractivity (Wildman–Crippen MR) is 145 cm³/mol. The molecule has 0 unspecified atom stereocenters. The molecule has 0 saturated carbocycles. The van der Waals surface area contributed by atoms with E-state index in [1.165, 1.54) is 12.1 Å². The van der Waals surface area contributed by atoms with Crippen molar-refractivity contribution in [2.45, 2.75) is 18.4 Å². The molecule has 0 radical (unpaired) electrons. The van der Waals surface area contributed by atoms with Crippen molar-refractivity contribution in [3.63, 3.8) is 0 Å². The van der Waals surface area contributed by atoms with Crippen molar-refractivity contribution >= 4 is 21.6 Å². The van der Waals surface area contributed by atoms with E-state index in [9.17, 15) is 13.2 Å². The number of aryl methyl sites for hydroxylation is 1. The number of nitrogens with zero attached hydrogens (tertiary/aromatic N) is 2. The first-order chi connectivity index (χ1) is 18.8. The van der Waals surface area contributed by atoms with Gasteiger partial charge >= 0.3 is 0 Å². The number of rotatable bonds is 9. The van der Waals surface area contributed by atoms with Crippen molar-refractivity contribution < 1.29 is 32.2 Å². The number of piperazine rings is 1. The molecule has 0 bridgehead atoms. The van der Waals surface area contributed by atoms with Gasteiger partial charge in [-0.2, -0.15) is 0 Å². The monoisotopic (exact) mass is 553 g/mol. The van der Waals surface area contributed by atoms with E-state index in [1.807, 2.05) is 18.2 Å². The Labute approximate surface area is 228 Å². The minimum absolute atomic E-state index is 0.102. The third-order valence-electron chi connectivity index (χ3n) is 6.72. The zero-order valence-corrected chi connectivity index (χ0v) is 22.7. The Morgan fingerprint density at radius 2 is 1.69 bits per heavy atom. The Kier molecular flexibility index (Phi) is 7.80. The highest BCUT2D eigenvalue weighted by Gasteiger charge is 2.23. The maximum atomic E-state index is 12.8. The van der Waals surface area contributed by atoms with Crippen LogP contribution in [0.3, 0.4) is 0 Å². The van der Waals surface area contributed by atoms with Gasteiger partial charge in [-0.25, -0.2) is 8.42 Å². The normalized spacial score (nSPS) is 15.2. The van der Waals surface area contributed by atoms with Gasteiger partial charge in [0.05, 0.1) is 12.0 Å². The van der Waals surface area contributed by atoms with Gasteiger partial charge in [0.25, 0.3) is 15.9 Å². The lowest BCUT2D eigenvalue weighted by Crippen LogP contribution is -2.49. The largest absolute Gasteiger partial charge is 0.497 e. The van der Waals surface area contributed by atoms with Crippen molar-refractivity contribution in [1.82, 2.24) is 9.80 Å². The van der Waals surface area contributed by atoms with Crippen LogP contribution in [0.1, 0.15) is 11.1 Å². The summed E-state index contributed by atoms with van der Waals surface area (Å²) in [6.45, 7) is 5.41. The van der Waals surface area contributed by atoms with Gasteiger partial charge < -0.3 is 23.8 Å². The molecule has 2 aliphatic rings. The Morgan fingerprint density at radius 3 is 2.41 bits per heavy atom. The van der Waals surface area contributed by atoms with Crippen molar-refractivity contribution in [3.05, 3.63) is 71.8 Å². The predicted octanol–water partition coefficient (Wildman–Crippen LogP) is 3.26. The summed E-state index contributed by atoms with van der Waals surface area (Å²) in [7, 11) is -2.25. The number of fused-ring (bicyclic) bond motifs is 1. The van der Waals surface area contributed by atoms with Gasteiger partial charge in [0.1, 0.15) is 11.5 Å². The van der Waals surface area contributed by atoms with Crippen LogP contribution in [-0.4, -0.2) is 70.8 Å². The summed E-state index contributed by atoms with van der Waals surface area (Å²) in [5, 5.41) is 0. The number of anilines is 1. The Hall–Kier alpha value is -3.96. The number of carbonyl (C=O) groups excluding carboxylic acids is 1. The van der Waals surface area contributed by atoms with Gasteiger partial charge in [0.2, 0.25) is 6.79 Å². The number of hydrogen-bond acceptors (Lipinski definition) is 8. The highest BCUT2D eigenvalue weighted by atomic mass is 32.2. The van der Waals surface area contributed by atoms with Gasteiger partial charge in [0.15, 0.2) is 18.1 Å². The zero-order valence-electron chi connectivity index (χ0n) is 21.9. The molecule has 39 heavy (non-hydrogen) atoms. The van der Waals surface area contributed by atoms with E-state index >= 15 is 0 Å². The molecule has 1 saturated heterocycles. The Balaban J connectivity index is 1.11. The average Bonchev–Trinajstić information content (AvgIpc) is 3.41. The second-order valence-electron chi connectivity index (χ2n) is 9.39. The van der Waals surface area contributed by atoms with Gasteiger partial charge in [-0.3, -0.25) is 14.4 Å². The highest BCUT2D eigenvalue weighted by Crippen LogP contribution is 2.33. The second kappa shape index (κ2) is 11.4. The third-order valence-corrected chi connectivity index (χ3v) is 8.10. The lowest BCUT2D eigenvalue weighted by Gasteiger charge is -2.34. The number of hydrogen-bond donors (Lipinski definition) is 1. The van der Waals surface area contributed by atoms with E-state index in [2.05, 4.69) is 9.62 Å². The third kappa shape index (κ3) is 6.37. The maximum Gasteiger partial charge on any atom is 0.261 e. The van der Waals surface area contributed by atoms with E-state index in [-0.39, 0.29) is 24.2 Å². The van der Waals surface area contributed by atoms with Crippen LogP contribution >= 0.6 is 0 Å². The van der Waals surface area contributed by atoms with Gasteiger partial charge in [-0.1, -0.05) is 6.07 Å². The molecule has 3 aromatic carbocycles. The summed E-state index contributed by atoms with van der Waals surface area (Å²) in [5.41, 5.74) is 2.19. The van der Waals surface area contributed by atoms with Crippen molar-refractivity contribution in [2.75, 3.05) is 51.4 Å². The fraction of sp³-hybridized carbons (Fsp3) is 0.321. The van der Waals surface area contributed by atoms with E-state index in [0.29, 0.717) is 35.8 Å². The zero-order chi connectivity index (χ0) is 27.4. The summed E-state index contributed by atoms with van der Waals surface area (Å²) in [4.78, 5) is 17.0. The van der Waals surface area contributed by atoms with E-state index < -0.39 is 10.0 Å². The summed E-state index contributed by atoms with van der Waals surface area (Å²) in [6.07, 6.45) is 0. The molecule has 5 rings (SSSR count). The quantitative estimate of drug-likeness (QED) is 0.431. The van der Waals surface area contributed by atoms with Crippen LogP contribution in [0, 0.1) is 6.92 Å². The topological polar surface area (TPSA) is 107 Å². The standard InChI is InChI=1S/C28H31N3O7S/c1-20-15-24(39(33,34)29-22-4-6-23(35-2)7-5-22)8-10-25(20)36-18-28(32)31-13-11-30(12-14-31)17-21-3-9-26-27(16-21)38-19-37-26/h3-10,15-16,29H,11-14,17-19H2,1-2H3. The highest BCUT2D eigenvalue weighted by molar-refractivity contribution is 7.92. The molecule has 1 fully saturated rings. The first kappa shape index (κ1) is 26.6. The summed E-state index contributed by atoms with van der Waals surface area (Å²) in [6, 6.07) is 17.1. The lowest BCUT2D eigenvalue weighted by molar-refractivity contribution is -0.135. The Bertz CT molecular complexity index is 1440. The van der Waals surface area contributed by atoms with E-state index in [0.717, 1.165) is 36.7 Å². The lowest BCUT2D eigenvalue weighted by atomic mass is 10.1. The molecular weight excluding hydrogens is 522 g/mol. The molecule has 3 aromatic rings. The summed E-state index contributed by atoms with van der Waals surface area (Å²) in [5.74, 6) is 2.54. The van der Waals surface area contributed by atoms with Crippen LogP contribution in [-0.2, 0) is 21.4 Å². The summed E-state index contributed by atoms with van der Waals surface area (Å²) < 4.78 is 49.9.